The molecule has 0 aliphatic carbocycles. The molecule has 7 rings (SSSR count). The van der Waals surface area contributed by atoms with Crippen LogP contribution in [0.2, 0.25) is 0 Å². The SMILES string of the molecule is CCCN(Cc1nc2c(ccc3cc(-c4ccc5c(ccc6[nH]c(CN(CC7(C)OCCO7)C(=O)CNC(=O)OC)nc65)c4)ccc32)[nH]1)C(=O)CNC(=O)OC. The van der Waals surface area contributed by atoms with Gasteiger partial charge in [0.2, 0.25) is 11.8 Å². The Bertz CT molecular complexity index is 2440. The Hall–Kier alpha value is -6.26. The molecule has 56 heavy (non-hydrogen) atoms. The highest BCUT2D eigenvalue weighted by Gasteiger charge is 2.35. The normalized spacial score (nSPS) is 13.6. The summed E-state index contributed by atoms with van der Waals surface area (Å²) in [6.07, 6.45) is -0.602. The predicted octanol–water partition coefficient (Wildman–Crippen LogP) is 4.95. The summed E-state index contributed by atoms with van der Waals surface area (Å²) in [4.78, 5) is 69.0. The summed E-state index contributed by atoms with van der Waals surface area (Å²) in [7, 11) is 2.50. The molecule has 4 amide bonds. The molecule has 2 aromatic heterocycles. The number of carbonyl (C=O) groups excluding carboxylic acids is 4. The van der Waals surface area contributed by atoms with E-state index in [0.717, 1.165) is 61.2 Å². The van der Waals surface area contributed by atoms with E-state index in [2.05, 4.69) is 72.5 Å². The van der Waals surface area contributed by atoms with E-state index in [4.69, 9.17) is 19.4 Å². The van der Waals surface area contributed by atoms with E-state index >= 15 is 0 Å². The van der Waals surface area contributed by atoms with Crippen molar-refractivity contribution in [2.45, 2.75) is 39.1 Å². The fourth-order valence-corrected chi connectivity index (χ4v) is 7.03. The second-order valence-corrected chi connectivity index (χ2v) is 13.7. The monoisotopic (exact) mass is 764 g/mol. The first-order valence-corrected chi connectivity index (χ1v) is 18.4. The second kappa shape index (κ2) is 16.2. The van der Waals surface area contributed by atoms with E-state index in [1.165, 1.54) is 14.2 Å². The quantitative estimate of drug-likeness (QED) is 0.125. The molecule has 1 aliphatic heterocycles. The zero-order valence-corrected chi connectivity index (χ0v) is 31.7. The van der Waals surface area contributed by atoms with Gasteiger partial charge >= 0.3 is 12.2 Å². The largest absolute Gasteiger partial charge is 0.453 e. The minimum atomic E-state index is -0.976. The van der Waals surface area contributed by atoms with Crippen molar-refractivity contribution in [3.8, 4) is 11.1 Å². The molecule has 3 heterocycles. The number of nitrogens with zero attached hydrogens (tertiary/aromatic N) is 4. The van der Waals surface area contributed by atoms with Crippen LogP contribution in [0.15, 0.2) is 60.7 Å². The number of aromatic nitrogens is 4. The molecule has 1 saturated heterocycles. The van der Waals surface area contributed by atoms with Crippen LogP contribution >= 0.6 is 0 Å². The summed E-state index contributed by atoms with van der Waals surface area (Å²) in [5, 5.41) is 8.87. The first-order chi connectivity index (χ1) is 27.1. The molecule has 0 bridgehead atoms. The van der Waals surface area contributed by atoms with Crippen molar-refractivity contribution < 1.29 is 38.1 Å². The van der Waals surface area contributed by atoms with Crippen LogP contribution < -0.4 is 10.6 Å². The number of ether oxygens (including phenoxy) is 4. The fraction of sp³-hybridized carbons (Fsp3) is 0.350. The van der Waals surface area contributed by atoms with Crippen LogP contribution in [-0.2, 0) is 41.6 Å². The van der Waals surface area contributed by atoms with Crippen molar-refractivity contribution in [3.05, 3.63) is 72.3 Å². The predicted molar refractivity (Wildman–Crippen MR) is 208 cm³/mol. The van der Waals surface area contributed by atoms with Gasteiger partial charge in [-0.2, -0.15) is 0 Å². The van der Waals surface area contributed by atoms with Gasteiger partial charge in [0, 0.05) is 17.3 Å². The van der Waals surface area contributed by atoms with Gasteiger partial charge in [-0.25, -0.2) is 19.6 Å². The Morgan fingerprint density at radius 3 is 1.70 bits per heavy atom. The van der Waals surface area contributed by atoms with Gasteiger partial charge in [-0.15, -0.1) is 0 Å². The molecule has 6 aromatic rings. The number of H-pyrrole nitrogens is 2. The number of methoxy groups -OCH3 is 2. The first-order valence-electron chi connectivity index (χ1n) is 18.4. The van der Waals surface area contributed by atoms with Crippen molar-refractivity contribution in [3.63, 3.8) is 0 Å². The lowest BCUT2D eigenvalue weighted by Gasteiger charge is -2.30. The van der Waals surface area contributed by atoms with Gasteiger partial charge in [-0.05, 0) is 59.5 Å². The van der Waals surface area contributed by atoms with Crippen molar-refractivity contribution in [1.82, 2.24) is 40.4 Å². The van der Waals surface area contributed by atoms with E-state index in [9.17, 15) is 19.2 Å². The van der Waals surface area contributed by atoms with Crippen molar-refractivity contribution >= 4 is 67.6 Å². The minimum absolute atomic E-state index is 0.143. The Kier molecular flexibility index (Phi) is 11.0. The van der Waals surface area contributed by atoms with Crippen molar-refractivity contribution in [2.75, 3.05) is 53.6 Å². The molecule has 292 valence electrons. The maximum Gasteiger partial charge on any atom is 0.407 e. The number of imidazole rings is 2. The number of alkyl carbamates (subject to hydrolysis) is 2. The minimum Gasteiger partial charge on any atom is -0.453 e. The second-order valence-electron chi connectivity index (χ2n) is 13.7. The molecule has 4 N–H and O–H groups in total. The standard InChI is InChI=1S/C40H44N8O8/c1-5-14-47(34(49)19-41-38(51)53-3)21-32-43-30-12-8-26-17-24(6-10-28(26)36(30)45-32)25-7-11-29-27(18-25)9-13-31-37(29)46-33(44-31)22-48(23-40(2)55-15-16-56-40)35(50)20-42-39(52)54-4/h6-13,17-18H,5,14-16,19-23H2,1-4H3,(H,41,51)(H,42,52)(H,43,45)(H,44,46). The molecule has 16 nitrogen and oxygen atoms in total. The van der Waals surface area contributed by atoms with Crippen LogP contribution in [0.1, 0.15) is 31.9 Å². The molecule has 0 radical (unpaired) electrons. The number of benzene rings is 4. The lowest BCUT2D eigenvalue weighted by atomic mass is 9.98. The number of aromatic amines is 2. The maximum absolute atomic E-state index is 13.2. The van der Waals surface area contributed by atoms with Crippen LogP contribution in [-0.4, -0.2) is 113 Å². The number of amides is 4. The first kappa shape index (κ1) is 38.0. The number of carbonyl (C=O) groups is 4. The van der Waals surface area contributed by atoms with Gasteiger partial charge < -0.3 is 49.3 Å². The number of rotatable bonds is 13. The lowest BCUT2D eigenvalue weighted by Crippen LogP contribution is -2.47. The Labute approximate surface area is 321 Å². The lowest BCUT2D eigenvalue weighted by molar-refractivity contribution is -0.167. The number of hydrogen-bond acceptors (Lipinski definition) is 10. The molecule has 1 aliphatic rings. The van der Waals surface area contributed by atoms with E-state index < -0.39 is 18.0 Å². The molecule has 0 saturated carbocycles. The number of nitrogens with one attached hydrogen (secondary N) is 4. The average Bonchev–Trinajstić information content (AvgIpc) is 3.95. The molecule has 1 fully saturated rings. The molecule has 4 aromatic carbocycles. The third-order valence-corrected chi connectivity index (χ3v) is 9.76. The van der Waals surface area contributed by atoms with E-state index in [1.54, 1.807) is 16.7 Å². The highest BCUT2D eigenvalue weighted by molar-refractivity contribution is 6.07. The molecule has 16 heteroatoms. The summed E-state index contributed by atoms with van der Waals surface area (Å²) in [6.45, 7) is 5.29. The number of fused-ring (bicyclic) bond motifs is 6. The zero-order chi connectivity index (χ0) is 39.4. The van der Waals surface area contributed by atoms with Crippen LogP contribution in [0.25, 0.3) is 54.7 Å². The highest BCUT2D eigenvalue weighted by atomic mass is 16.7. The fourth-order valence-electron chi connectivity index (χ4n) is 7.03. The van der Waals surface area contributed by atoms with Gasteiger partial charge in [-0.3, -0.25) is 9.59 Å². The topological polar surface area (TPSA) is 193 Å². The molecular formula is C40H44N8O8. The summed E-state index contributed by atoms with van der Waals surface area (Å²) in [5.41, 5.74) is 5.35. The maximum atomic E-state index is 13.2. The van der Waals surface area contributed by atoms with Gasteiger partial charge in [0.1, 0.15) is 24.7 Å². The molecule has 0 atom stereocenters. The third-order valence-electron chi connectivity index (χ3n) is 9.76. The van der Waals surface area contributed by atoms with E-state index in [1.807, 2.05) is 25.1 Å². The van der Waals surface area contributed by atoms with Crippen LogP contribution in [0.3, 0.4) is 0 Å². The van der Waals surface area contributed by atoms with Gasteiger partial charge in [0.15, 0.2) is 5.79 Å². The highest BCUT2D eigenvalue weighted by Crippen LogP contribution is 2.33. The molecule has 0 unspecified atom stereocenters. The summed E-state index contributed by atoms with van der Waals surface area (Å²) < 4.78 is 20.8. The molecular weight excluding hydrogens is 720 g/mol. The van der Waals surface area contributed by atoms with E-state index in [-0.39, 0.29) is 44.5 Å². The van der Waals surface area contributed by atoms with Crippen LogP contribution in [0.5, 0.6) is 0 Å². The van der Waals surface area contributed by atoms with E-state index in [0.29, 0.717) is 31.4 Å². The smallest absolute Gasteiger partial charge is 0.407 e. The van der Waals surface area contributed by atoms with Gasteiger partial charge in [0.05, 0.1) is 69.1 Å². The van der Waals surface area contributed by atoms with Gasteiger partial charge in [-0.1, -0.05) is 43.3 Å². The summed E-state index contributed by atoms with van der Waals surface area (Å²) >= 11 is 0. The molecule has 0 spiro atoms. The zero-order valence-electron chi connectivity index (χ0n) is 31.7. The Morgan fingerprint density at radius 1 is 0.732 bits per heavy atom. The van der Waals surface area contributed by atoms with Crippen LogP contribution in [0, 0.1) is 0 Å². The Balaban J connectivity index is 1.11. The summed E-state index contributed by atoms with van der Waals surface area (Å²) in [5.74, 6) is -0.314. The van der Waals surface area contributed by atoms with Crippen molar-refractivity contribution in [2.24, 2.45) is 0 Å². The average molecular weight is 765 g/mol. The third kappa shape index (κ3) is 8.21. The number of hydrogen-bond donors (Lipinski definition) is 4. The summed E-state index contributed by atoms with van der Waals surface area (Å²) in [6, 6.07) is 20.6. The van der Waals surface area contributed by atoms with Crippen molar-refractivity contribution in [1.29, 1.82) is 0 Å². The van der Waals surface area contributed by atoms with Gasteiger partial charge in [0.25, 0.3) is 0 Å². The van der Waals surface area contributed by atoms with Crippen LogP contribution in [0.4, 0.5) is 9.59 Å². The Morgan fingerprint density at radius 2 is 1.21 bits per heavy atom.